The molecule has 214 valence electrons. The Morgan fingerprint density at radius 3 is 1.35 bits per heavy atom. The lowest BCUT2D eigenvalue weighted by atomic mass is 9.91. The highest BCUT2D eigenvalue weighted by Crippen LogP contribution is 2.39. The van der Waals surface area contributed by atoms with E-state index in [0.29, 0.717) is 5.56 Å². The maximum absolute atomic E-state index is 10.2. The smallest absolute Gasteiger partial charge is 0.136 e. The number of hydrogen-bond donors (Lipinski definition) is 0. The number of hydrogen-bond acceptors (Lipinski definition) is 3. The molecule has 0 atom stereocenters. The second-order valence-corrected chi connectivity index (χ2v) is 11.7. The predicted molar refractivity (Wildman–Crippen MR) is 187 cm³/mol. The molecule has 2 heterocycles. The van der Waals surface area contributed by atoms with Gasteiger partial charge in [-0.3, -0.25) is 0 Å². The van der Waals surface area contributed by atoms with Crippen LogP contribution in [-0.2, 0) is 0 Å². The molecule has 3 heteroatoms. The first-order chi connectivity index (χ1) is 22.7. The normalized spacial score (nSPS) is 11.5. The fourth-order valence-electron chi connectivity index (χ4n) is 6.62. The third-order valence-electron chi connectivity index (χ3n) is 8.92. The summed E-state index contributed by atoms with van der Waals surface area (Å²) in [4.78, 5) is 0. The second kappa shape index (κ2) is 10.4. The van der Waals surface area contributed by atoms with Crippen molar-refractivity contribution in [3.8, 4) is 50.6 Å². The van der Waals surface area contributed by atoms with Crippen LogP contribution in [-0.4, -0.2) is 0 Å². The highest BCUT2D eigenvalue weighted by Gasteiger charge is 2.14. The van der Waals surface area contributed by atoms with Gasteiger partial charge in [-0.25, -0.2) is 0 Å². The van der Waals surface area contributed by atoms with Gasteiger partial charge in [-0.2, -0.15) is 5.26 Å². The van der Waals surface area contributed by atoms with Gasteiger partial charge in [0.1, 0.15) is 22.3 Å². The third kappa shape index (κ3) is 4.28. The minimum absolute atomic E-state index is 0.642. The number of furan rings is 2. The van der Waals surface area contributed by atoms with Crippen LogP contribution in [0.15, 0.2) is 160 Å². The van der Waals surface area contributed by atoms with Crippen LogP contribution in [0.2, 0.25) is 0 Å². The molecule has 0 saturated heterocycles. The summed E-state index contributed by atoms with van der Waals surface area (Å²) in [6.07, 6.45) is 0. The molecule has 0 spiro atoms. The van der Waals surface area contributed by atoms with Crippen molar-refractivity contribution in [2.24, 2.45) is 0 Å². The fourth-order valence-corrected chi connectivity index (χ4v) is 6.62. The molecule has 0 radical (unpaired) electrons. The Balaban J connectivity index is 1.23. The van der Waals surface area contributed by atoms with Gasteiger partial charge in [0.05, 0.1) is 11.6 Å². The average molecular weight is 588 g/mol. The zero-order chi connectivity index (χ0) is 30.6. The first-order valence-electron chi connectivity index (χ1n) is 15.3. The molecular formula is C43H25NO2. The van der Waals surface area contributed by atoms with Crippen molar-refractivity contribution >= 4 is 43.9 Å². The van der Waals surface area contributed by atoms with Crippen molar-refractivity contribution < 1.29 is 8.83 Å². The minimum Gasteiger partial charge on any atom is -0.456 e. The van der Waals surface area contributed by atoms with Crippen LogP contribution in [0.5, 0.6) is 0 Å². The van der Waals surface area contributed by atoms with Gasteiger partial charge in [-0.05, 0) is 105 Å². The van der Waals surface area contributed by atoms with Gasteiger partial charge in [0.2, 0.25) is 0 Å². The van der Waals surface area contributed by atoms with E-state index in [0.717, 1.165) is 88.4 Å². The number of fused-ring (bicyclic) bond motifs is 6. The van der Waals surface area contributed by atoms with E-state index in [9.17, 15) is 5.26 Å². The standard InChI is InChI=1S/C43H25NO2/c44-26-34-20-28(14-17-35(34)27-8-2-1-3-9-27)31-21-32(29-15-18-38-36-10-4-6-12-40(36)45-42(38)24-29)23-33(22-31)30-16-19-39-37-11-5-7-13-41(37)46-43(39)25-30/h1-25H. The first-order valence-corrected chi connectivity index (χ1v) is 15.3. The SMILES string of the molecule is N#Cc1cc(-c2cc(-c3ccc4c(c3)oc3ccccc34)cc(-c3ccc4c(c3)oc3ccccc34)c2)ccc1-c1ccccc1. The maximum Gasteiger partial charge on any atom is 0.136 e. The fraction of sp³-hybridized carbons (Fsp3) is 0. The quantitative estimate of drug-likeness (QED) is 0.206. The lowest BCUT2D eigenvalue weighted by molar-refractivity contribution is 0.668. The summed E-state index contributed by atoms with van der Waals surface area (Å²) in [5, 5.41) is 14.6. The first kappa shape index (κ1) is 26.1. The Morgan fingerprint density at radius 2 is 0.804 bits per heavy atom. The van der Waals surface area contributed by atoms with E-state index in [-0.39, 0.29) is 0 Å². The van der Waals surface area contributed by atoms with Gasteiger partial charge in [-0.15, -0.1) is 0 Å². The van der Waals surface area contributed by atoms with Gasteiger partial charge >= 0.3 is 0 Å². The van der Waals surface area contributed by atoms with Crippen molar-refractivity contribution in [1.29, 1.82) is 5.26 Å². The van der Waals surface area contributed by atoms with E-state index in [4.69, 9.17) is 8.83 Å². The zero-order valence-corrected chi connectivity index (χ0v) is 24.7. The Bertz CT molecular complexity index is 2520. The second-order valence-electron chi connectivity index (χ2n) is 11.7. The van der Waals surface area contributed by atoms with Crippen molar-refractivity contribution in [2.45, 2.75) is 0 Å². The molecule has 0 saturated carbocycles. The number of rotatable bonds is 4. The van der Waals surface area contributed by atoms with Crippen molar-refractivity contribution in [3.05, 3.63) is 157 Å². The Hall–Kier alpha value is -6.37. The van der Waals surface area contributed by atoms with Crippen LogP contribution < -0.4 is 0 Å². The van der Waals surface area contributed by atoms with E-state index in [1.807, 2.05) is 72.8 Å². The summed E-state index contributed by atoms with van der Waals surface area (Å²) < 4.78 is 12.5. The highest BCUT2D eigenvalue weighted by molar-refractivity contribution is 6.07. The van der Waals surface area contributed by atoms with Crippen LogP contribution in [0.1, 0.15) is 5.56 Å². The molecule has 2 aromatic heterocycles. The maximum atomic E-state index is 10.2. The third-order valence-corrected chi connectivity index (χ3v) is 8.92. The lowest BCUT2D eigenvalue weighted by Crippen LogP contribution is -1.89. The van der Waals surface area contributed by atoms with Gasteiger partial charge < -0.3 is 8.83 Å². The molecule has 46 heavy (non-hydrogen) atoms. The minimum atomic E-state index is 0.642. The molecule has 0 aliphatic carbocycles. The van der Waals surface area contributed by atoms with Crippen LogP contribution in [0, 0.1) is 11.3 Å². The zero-order valence-electron chi connectivity index (χ0n) is 24.7. The Kier molecular flexibility index (Phi) is 5.88. The average Bonchev–Trinajstić information content (AvgIpc) is 3.69. The summed E-state index contributed by atoms with van der Waals surface area (Å²) in [6, 6.07) is 54.4. The molecule has 0 aliphatic heterocycles. The molecular weight excluding hydrogens is 562 g/mol. The topological polar surface area (TPSA) is 50.1 Å². The lowest BCUT2D eigenvalue weighted by Gasteiger charge is -2.13. The molecule has 9 aromatic rings. The summed E-state index contributed by atoms with van der Waals surface area (Å²) in [6.45, 7) is 0. The number of nitriles is 1. The molecule has 0 unspecified atom stereocenters. The molecule has 0 fully saturated rings. The molecule has 0 amide bonds. The largest absolute Gasteiger partial charge is 0.456 e. The van der Waals surface area contributed by atoms with Crippen LogP contribution in [0.3, 0.4) is 0 Å². The van der Waals surface area contributed by atoms with Crippen LogP contribution in [0.25, 0.3) is 88.4 Å². The predicted octanol–water partition coefficient (Wildman–Crippen LogP) is 12.0. The van der Waals surface area contributed by atoms with Crippen molar-refractivity contribution in [3.63, 3.8) is 0 Å². The molecule has 9 rings (SSSR count). The van der Waals surface area contributed by atoms with Gasteiger partial charge in [0.25, 0.3) is 0 Å². The van der Waals surface area contributed by atoms with E-state index >= 15 is 0 Å². The van der Waals surface area contributed by atoms with E-state index in [1.54, 1.807) is 0 Å². The van der Waals surface area contributed by atoms with Crippen LogP contribution >= 0.6 is 0 Å². The molecule has 3 nitrogen and oxygen atoms in total. The molecule has 0 N–H and O–H groups in total. The van der Waals surface area contributed by atoms with Crippen LogP contribution in [0.4, 0.5) is 0 Å². The molecule has 7 aromatic carbocycles. The number of nitrogens with zero attached hydrogens (tertiary/aromatic N) is 1. The number of para-hydroxylation sites is 2. The van der Waals surface area contributed by atoms with Crippen molar-refractivity contribution in [2.75, 3.05) is 0 Å². The summed E-state index contributed by atoms with van der Waals surface area (Å²) in [5.74, 6) is 0. The summed E-state index contributed by atoms with van der Waals surface area (Å²) in [5.41, 5.74) is 12.3. The van der Waals surface area contributed by atoms with E-state index < -0.39 is 0 Å². The van der Waals surface area contributed by atoms with Crippen molar-refractivity contribution in [1.82, 2.24) is 0 Å². The monoisotopic (exact) mass is 587 g/mol. The van der Waals surface area contributed by atoms with Gasteiger partial charge in [0, 0.05) is 21.5 Å². The summed E-state index contributed by atoms with van der Waals surface area (Å²) in [7, 11) is 0. The molecule has 0 bridgehead atoms. The Morgan fingerprint density at radius 1 is 0.348 bits per heavy atom. The van der Waals surface area contributed by atoms with E-state index in [2.05, 4.69) is 84.9 Å². The van der Waals surface area contributed by atoms with Gasteiger partial charge in [0.15, 0.2) is 0 Å². The molecule has 0 aliphatic rings. The number of benzene rings is 7. The highest BCUT2D eigenvalue weighted by atomic mass is 16.3. The Labute approximate surface area is 265 Å². The van der Waals surface area contributed by atoms with E-state index in [1.165, 1.54) is 0 Å². The van der Waals surface area contributed by atoms with Gasteiger partial charge in [-0.1, -0.05) is 91.0 Å². The summed E-state index contributed by atoms with van der Waals surface area (Å²) >= 11 is 0.